The first-order chi connectivity index (χ1) is 33.2. The molecule has 14 rings (SSSR count). The van der Waals surface area contributed by atoms with E-state index in [1.165, 1.54) is 109 Å². The van der Waals surface area contributed by atoms with Crippen LogP contribution in [-0.2, 0) is 5.41 Å². The lowest BCUT2D eigenvalue weighted by Crippen LogP contribution is -2.25. The molecule has 0 aliphatic heterocycles. The van der Waals surface area contributed by atoms with E-state index in [0.717, 1.165) is 17.1 Å². The van der Waals surface area contributed by atoms with Gasteiger partial charge in [-0.15, -0.1) is 11.3 Å². The molecule has 0 atom stereocenters. The zero-order chi connectivity index (χ0) is 44.1. The summed E-state index contributed by atoms with van der Waals surface area (Å²) in [5.41, 5.74) is 20.9. The summed E-state index contributed by atoms with van der Waals surface area (Å²) in [6, 6.07) is 92.5. The zero-order valence-corrected chi connectivity index (χ0v) is 37.3. The second-order valence-corrected chi connectivity index (χ2v) is 19.0. The van der Waals surface area contributed by atoms with Crippen LogP contribution in [0.2, 0.25) is 0 Å². The lowest BCUT2D eigenvalue weighted by molar-refractivity contribution is 0.794. The molecule has 2 aliphatic carbocycles. The molecule has 0 saturated heterocycles. The number of fused-ring (bicyclic) bond motifs is 14. The highest BCUT2D eigenvalue weighted by Gasteiger charge is 2.51. The van der Waals surface area contributed by atoms with E-state index >= 15 is 0 Å². The van der Waals surface area contributed by atoms with E-state index in [1.807, 2.05) is 11.3 Å². The largest absolute Gasteiger partial charge is 0.310 e. The molecule has 67 heavy (non-hydrogen) atoms. The SMILES string of the molecule is c1ccc(N(c2ccc(-c3ccc4c(c3)C3(c5ccccc5-c5ccccc53)c3ccccc3-4)cc2)c2ccc(-c3cccc4ccccc34)cc2)c(-c2cccc3sc4ccccc4c23)c1. The molecule has 0 amide bonds. The highest BCUT2D eigenvalue weighted by molar-refractivity contribution is 7.25. The minimum Gasteiger partial charge on any atom is -0.310 e. The van der Waals surface area contributed by atoms with Crippen molar-refractivity contribution in [2.75, 3.05) is 4.90 Å². The molecular weight excluding hydrogens is 827 g/mol. The molecule has 12 aromatic rings. The van der Waals surface area contributed by atoms with Gasteiger partial charge in [0.2, 0.25) is 0 Å². The average Bonchev–Trinajstić information content (AvgIpc) is 4.03. The highest BCUT2D eigenvalue weighted by atomic mass is 32.1. The van der Waals surface area contributed by atoms with Crippen LogP contribution in [0, 0.1) is 0 Å². The average molecular weight is 868 g/mol. The Morgan fingerprint density at radius 2 is 0.776 bits per heavy atom. The maximum Gasteiger partial charge on any atom is 0.0725 e. The van der Waals surface area contributed by atoms with Gasteiger partial charge in [-0.05, 0) is 132 Å². The number of thiophene rings is 1. The third-order valence-corrected chi connectivity index (χ3v) is 15.7. The first-order valence-corrected chi connectivity index (χ1v) is 24.0. The molecule has 0 fully saturated rings. The van der Waals surface area contributed by atoms with Crippen molar-refractivity contribution in [1.29, 1.82) is 0 Å². The molecule has 2 aliphatic rings. The van der Waals surface area contributed by atoms with Gasteiger partial charge in [-0.2, -0.15) is 0 Å². The van der Waals surface area contributed by atoms with Gasteiger partial charge in [0, 0.05) is 37.1 Å². The number of hydrogen-bond donors (Lipinski definition) is 0. The monoisotopic (exact) mass is 867 g/mol. The van der Waals surface area contributed by atoms with Gasteiger partial charge in [-0.1, -0.05) is 200 Å². The van der Waals surface area contributed by atoms with Crippen molar-refractivity contribution in [1.82, 2.24) is 0 Å². The van der Waals surface area contributed by atoms with Gasteiger partial charge in [-0.25, -0.2) is 0 Å². The Balaban J connectivity index is 0.924. The lowest BCUT2D eigenvalue weighted by atomic mass is 9.70. The summed E-state index contributed by atoms with van der Waals surface area (Å²) in [4.78, 5) is 2.44. The van der Waals surface area contributed by atoms with Crippen molar-refractivity contribution in [2.45, 2.75) is 5.41 Å². The zero-order valence-electron chi connectivity index (χ0n) is 36.5. The van der Waals surface area contributed by atoms with Gasteiger partial charge in [-0.3, -0.25) is 0 Å². The highest BCUT2D eigenvalue weighted by Crippen LogP contribution is 2.63. The number of benzene rings is 11. The van der Waals surface area contributed by atoms with E-state index < -0.39 is 0 Å². The summed E-state index contributed by atoms with van der Waals surface area (Å²) in [7, 11) is 0. The van der Waals surface area contributed by atoms with Crippen LogP contribution in [-0.4, -0.2) is 0 Å². The standard InChI is InChI=1S/C65H41NS/c1-2-17-48-43(15-1)16-13-23-49(48)44-33-38-47(39-34-44)66(61-28-11-6-21-54(61)55-24-14-30-63-64(55)56-22-7-12-29-62(56)67-63)46-36-31-42(32-37-46)45-35-40-53-52-20-5-10-27-59(52)65(60(53)41-45)57-25-8-3-18-50(57)51-19-4-9-26-58(51)65/h1-41H. The molecule has 312 valence electrons. The number of para-hydroxylation sites is 1. The second kappa shape index (κ2) is 14.9. The fourth-order valence-corrected chi connectivity index (χ4v) is 12.8. The van der Waals surface area contributed by atoms with Crippen LogP contribution in [0.1, 0.15) is 22.3 Å². The molecule has 0 saturated carbocycles. The Labute approximate surface area is 394 Å². The summed E-state index contributed by atoms with van der Waals surface area (Å²) in [5, 5.41) is 5.11. The minimum atomic E-state index is -0.385. The van der Waals surface area contributed by atoms with Crippen LogP contribution in [0.3, 0.4) is 0 Å². The summed E-state index contributed by atoms with van der Waals surface area (Å²) in [5.74, 6) is 0. The Kier molecular flexibility index (Phi) is 8.44. The molecule has 1 heterocycles. The molecule has 0 N–H and O–H groups in total. The van der Waals surface area contributed by atoms with E-state index in [-0.39, 0.29) is 5.41 Å². The third-order valence-electron chi connectivity index (χ3n) is 14.5. The fraction of sp³-hybridized carbons (Fsp3) is 0.0154. The first kappa shape index (κ1) is 38.0. The van der Waals surface area contributed by atoms with Crippen LogP contribution in [0.25, 0.3) is 86.6 Å². The molecule has 1 aromatic heterocycles. The van der Waals surface area contributed by atoms with Gasteiger partial charge >= 0.3 is 0 Å². The van der Waals surface area contributed by atoms with Crippen molar-refractivity contribution >= 4 is 59.3 Å². The van der Waals surface area contributed by atoms with Crippen LogP contribution < -0.4 is 4.90 Å². The van der Waals surface area contributed by atoms with Crippen molar-refractivity contribution in [3.8, 4) is 55.6 Å². The molecule has 0 unspecified atom stereocenters. The van der Waals surface area contributed by atoms with Gasteiger partial charge in [0.25, 0.3) is 0 Å². The summed E-state index contributed by atoms with van der Waals surface area (Å²) >= 11 is 1.87. The third kappa shape index (κ3) is 5.61. The Morgan fingerprint density at radius 1 is 0.299 bits per heavy atom. The van der Waals surface area contributed by atoms with Gasteiger partial charge < -0.3 is 4.90 Å². The minimum absolute atomic E-state index is 0.385. The van der Waals surface area contributed by atoms with Crippen LogP contribution in [0.15, 0.2) is 249 Å². The van der Waals surface area contributed by atoms with Crippen molar-refractivity contribution in [2.24, 2.45) is 0 Å². The Bertz CT molecular complexity index is 3860. The molecule has 2 heteroatoms. The molecule has 1 nitrogen and oxygen atoms in total. The predicted molar refractivity (Wildman–Crippen MR) is 284 cm³/mol. The van der Waals surface area contributed by atoms with E-state index in [1.54, 1.807) is 0 Å². The molecular formula is C65H41NS. The Morgan fingerprint density at radius 3 is 1.48 bits per heavy atom. The van der Waals surface area contributed by atoms with Crippen LogP contribution >= 0.6 is 11.3 Å². The molecule has 11 aromatic carbocycles. The normalized spacial score (nSPS) is 12.9. The smallest absolute Gasteiger partial charge is 0.0725 e. The Hall–Kier alpha value is -8.30. The lowest BCUT2D eigenvalue weighted by Gasteiger charge is -2.30. The van der Waals surface area contributed by atoms with E-state index in [2.05, 4.69) is 254 Å². The van der Waals surface area contributed by atoms with Gasteiger partial charge in [0.1, 0.15) is 0 Å². The van der Waals surface area contributed by atoms with Crippen molar-refractivity contribution < 1.29 is 0 Å². The fourth-order valence-electron chi connectivity index (χ4n) is 11.7. The molecule has 1 spiro atoms. The van der Waals surface area contributed by atoms with Gasteiger partial charge in [0.05, 0.1) is 11.1 Å². The quantitative estimate of drug-likeness (QED) is 0.161. The second-order valence-electron chi connectivity index (χ2n) is 17.9. The topological polar surface area (TPSA) is 3.24 Å². The van der Waals surface area contributed by atoms with E-state index in [0.29, 0.717) is 0 Å². The number of nitrogens with zero attached hydrogens (tertiary/aromatic N) is 1. The number of anilines is 3. The van der Waals surface area contributed by atoms with Gasteiger partial charge in [0.15, 0.2) is 0 Å². The first-order valence-electron chi connectivity index (χ1n) is 23.2. The number of hydrogen-bond acceptors (Lipinski definition) is 2. The van der Waals surface area contributed by atoms with Crippen molar-refractivity contribution in [3.63, 3.8) is 0 Å². The summed E-state index contributed by atoms with van der Waals surface area (Å²) in [6.45, 7) is 0. The maximum atomic E-state index is 2.48. The maximum absolute atomic E-state index is 2.48. The van der Waals surface area contributed by atoms with E-state index in [9.17, 15) is 0 Å². The number of rotatable bonds is 6. The molecule has 0 radical (unpaired) electrons. The predicted octanol–water partition coefficient (Wildman–Crippen LogP) is 18.0. The summed E-state index contributed by atoms with van der Waals surface area (Å²) in [6.07, 6.45) is 0. The van der Waals surface area contributed by atoms with Crippen LogP contribution in [0.5, 0.6) is 0 Å². The van der Waals surface area contributed by atoms with Crippen molar-refractivity contribution in [3.05, 3.63) is 271 Å². The van der Waals surface area contributed by atoms with E-state index in [4.69, 9.17) is 0 Å². The van der Waals surface area contributed by atoms with Crippen LogP contribution in [0.4, 0.5) is 17.1 Å². The summed E-state index contributed by atoms with van der Waals surface area (Å²) < 4.78 is 2.61. The molecule has 0 bridgehead atoms.